The third-order valence-corrected chi connectivity index (χ3v) is 13.8. The molecule has 310 valence electrons. The highest BCUT2D eigenvalue weighted by molar-refractivity contribution is 7.99. The van der Waals surface area contributed by atoms with Crippen LogP contribution in [0, 0.1) is 5.92 Å². The van der Waals surface area contributed by atoms with Crippen LogP contribution >= 0.6 is 11.8 Å². The van der Waals surface area contributed by atoms with Crippen LogP contribution in [0.15, 0.2) is 40.4 Å². The Morgan fingerprint density at radius 2 is 1.70 bits per heavy atom. The summed E-state index contributed by atoms with van der Waals surface area (Å²) in [6.07, 6.45) is 4.97. The van der Waals surface area contributed by atoms with Crippen molar-refractivity contribution in [3.8, 4) is 0 Å². The first-order valence-corrected chi connectivity index (χ1v) is 21.7. The van der Waals surface area contributed by atoms with Crippen molar-refractivity contribution < 1.29 is 46.3 Å². The smallest absolute Gasteiger partial charge is 0.287 e. The first kappa shape index (κ1) is 42.5. The number of sulfonamides is 1. The van der Waals surface area contributed by atoms with Gasteiger partial charge < -0.3 is 21.1 Å². The number of aliphatic imine (C=N–C) groups is 1. The van der Waals surface area contributed by atoms with E-state index in [4.69, 9.17) is 5.73 Å². The van der Waals surface area contributed by atoms with E-state index in [1.807, 2.05) is 0 Å². The van der Waals surface area contributed by atoms with Crippen LogP contribution in [0.5, 0.6) is 0 Å². The van der Waals surface area contributed by atoms with E-state index in [9.17, 15) is 46.3 Å². The average molecular weight is 835 g/mol. The maximum atomic E-state index is 14.8. The highest BCUT2D eigenvalue weighted by atomic mass is 32.2. The van der Waals surface area contributed by atoms with Gasteiger partial charge in [-0.1, -0.05) is 37.3 Å². The fourth-order valence-corrected chi connectivity index (χ4v) is 10.5. The zero-order valence-electron chi connectivity index (χ0n) is 31.8. The Hall–Kier alpha value is -4.14. The van der Waals surface area contributed by atoms with Crippen molar-refractivity contribution in [2.75, 3.05) is 18.1 Å². The number of likely N-dealkylation sites (tertiary alicyclic amines) is 1. The zero-order chi connectivity index (χ0) is 41.3. The lowest BCUT2D eigenvalue weighted by Crippen LogP contribution is -2.63. The maximum absolute atomic E-state index is 14.8. The van der Waals surface area contributed by atoms with E-state index in [-0.39, 0.29) is 54.3 Å². The number of nitrogens with two attached hydrogens (primary N) is 1. The molecule has 16 nitrogen and oxygen atoms in total. The number of alkyl halides is 2. The first-order chi connectivity index (χ1) is 26.8. The monoisotopic (exact) mass is 834 g/mol. The summed E-state index contributed by atoms with van der Waals surface area (Å²) in [5, 5.41) is 21.8. The van der Waals surface area contributed by atoms with Gasteiger partial charge in [-0.25, -0.2) is 31.6 Å². The number of thioether (sulfide) groups is 1. The number of nitrogens with zero attached hydrogens (tertiary/aromatic N) is 5. The standard InChI is InChI=1S/C37H48F2N8O8S2/c1-35(2,53)29-20-41-45-47(29)25-17-28(33(51)43-36(30(48)31(40)49)12-14-56-15-13-36)46(21-25)34(52)27(16-22-6-4-3-5-7-22)42-32(50)23-8-10-26(11-9-23)57(54,55)44-24-18-37(38,39)19-24/h8-11,20,22,24-25,28,44,53H,3-7,12-19,21H2,1-2H3,(H2,40,49)(H,43,51)/t25-,28-/m0/s1. The second-order valence-electron chi connectivity index (χ2n) is 16.0. The number of rotatable bonds is 13. The minimum absolute atomic E-state index is 0.00528. The molecular formula is C37H48F2N8O8S2. The largest absolute Gasteiger partial charge is 0.384 e. The number of amides is 4. The van der Waals surface area contributed by atoms with E-state index >= 15 is 0 Å². The fourth-order valence-electron chi connectivity index (χ4n) is 8.11. The number of carbonyl (C=O) groups is 5. The fraction of sp³-hybridized carbons (Fsp3) is 0.622. The van der Waals surface area contributed by atoms with Gasteiger partial charge in [0, 0.05) is 37.4 Å². The number of Topliss-reactive ketones (excluding diaryl/α,β-unsaturated/α-hetero) is 1. The molecule has 6 rings (SSSR count). The van der Waals surface area contributed by atoms with Gasteiger partial charge in [0.1, 0.15) is 22.9 Å². The molecular weight excluding hydrogens is 787 g/mol. The normalized spacial score (nSPS) is 23.1. The third kappa shape index (κ3) is 9.60. The lowest BCUT2D eigenvalue weighted by molar-refractivity contribution is -0.143. The van der Waals surface area contributed by atoms with Gasteiger partial charge in [-0.15, -0.1) is 5.10 Å². The first-order valence-electron chi connectivity index (χ1n) is 19.1. The number of benzene rings is 1. The topological polar surface area (TPSA) is 236 Å². The number of aliphatic hydroxyl groups is 1. The minimum atomic E-state index is -4.16. The van der Waals surface area contributed by atoms with Gasteiger partial charge in [0.05, 0.1) is 22.8 Å². The molecule has 57 heavy (non-hydrogen) atoms. The number of primary amides is 1. The molecule has 2 aliphatic heterocycles. The molecule has 2 aliphatic carbocycles. The van der Waals surface area contributed by atoms with Gasteiger partial charge >= 0.3 is 0 Å². The Balaban J connectivity index is 1.31. The summed E-state index contributed by atoms with van der Waals surface area (Å²) < 4.78 is 56.0. The average Bonchev–Trinajstić information content (AvgIpc) is 3.83. The van der Waals surface area contributed by atoms with E-state index in [1.165, 1.54) is 27.9 Å². The number of ketones is 1. The number of carbonyl (C=O) groups excluding carboxylic acids is 5. The summed E-state index contributed by atoms with van der Waals surface area (Å²) >= 11 is 1.56. The molecule has 2 saturated carbocycles. The Labute approximate surface area is 333 Å². The Bertz CT molecular complexity index is 2020. The predicted octanol–water partition coefficient (Wildman–Crippen LogP) is 2.41. The third-order valence-electron chi connectivity index (χ3n) is 11.3. The lowest BCUT2D eigenvalue weighted by atomic mass is 9.85. The van der Waals surface area contributed by atoms with Crippen molar-refractivity contribution in [3.63, 3.8) is 0 Å². The molecule has 2 atom stereocenters. The highest BCUT2D eigenvalue weighted by Gasteiger charge is 2.49. The number of nitrogens with one attached hydrogen (secondary N) is 2. The van der Waals surface area contributed by atoms with E-state index < -0.39 is 87.5 Å². The van der Waals surface area contributed by atoms with Crippen LogP contribution in [0.25, 0.3) is 0 Å². The minimum Gasteiger partial charge on any atom is -0.384 e. The SMILES string of the molecule is CC(C)(O)c1cnnn1[C@H]1C[C@@H](C(=O)NC2(C(=O)C(N)=O)CCSCC2)N(C(=O)C(CC2CCCCC2)=NC(=O)c2ccc(S(=O)(=O)NC3CC(F)(F)C3)cc2)C1. The Morgan fingerprint density at radius 1 is 1.05 bits per heavy atom. The van der Waals surface area contributed by atoms with E-state index in [0.717, 1.165) is 44.2 Å². The number of aromatic nitrogens is 3. The molecule has 4 fully saturated rings. The summed E-state index contributed by atoms with van der Waals surface area (Å²) in [6.45, 7) is 2.97. The summed E-state index contributed by atoms with van der Waals surface area (Å²) in [6, 6.07) is 1.93. The van der Waals surface area contributed by atoms with Crippen LogP contribution in [0.1, 0.15) is 107 Å². The van der Waals surface area contributed by atoms with Gasteiger partial charge in [0.15, 0.2) is 0 Å². The zero-order valence-corrected chi connectivity index (χ0v) is 33.4. The summed E-state index contributed by atoms with van der Waals surface area (Å²) in [7, 11) is -4.16. The molecule has 2 saturated heterocycles. The molecule has 5 N–H and O–H groups in total. The van der Waals surface area contributed by atoms with Crippen LogP contribution < -0.4 is 15.8 Å². The summed E-state index contributed by atoms with van der Waals surface area (Å²) in [5.74, 6) is -6.36. The molecule has 0 unspecified atom stereocenters. The highest BCUT2D eigenvalue weighted by Crippen LogP contribution is 2.38. The van der Waals surface area contributed by atoms with Gasteiger partial charge in [0.25, 0.3) is 23.6 Å². The lowest BCUT2D eigenvalue weighted by Gasteiger charge is -2.37. The maximum Gasteiger partial charge on any atom is 0.287 e. The molecule has 4 amide bonds. The van der Waals surface area contributed by atoms with Gasteiger partial charge in [-0.3, -0.25) is 24.0 Å². The second-order valence-corrected chi connectivity index (χ2v) is 19.0. The molecule has 1 aromatic carbocycles. The van der Waals surface area contributed by atoms with Crippen molar-refractivity contribution in [1.82, 2.24) is 29.9 Å². The molecule has 20 heteroatoms. The number of hydrogen-bond donors (Lipinski definition) is 4. The molecule has 3 heterocycles. The van der Waals surface area contributed by atoms with Crippen LogP contribution in [0.4, 0.5) is 8.78 Å². The molecule has 0 radical (unpaired) electrons. The quantitative estimate of drug-likeness (QED) is 0.169. The Morgan fingerprint density at radius 3 is 2.30 bits per heavy atom. The summed E-state index contributed by atoms with van der Waals surface area (Å²) in [4.78, 5) is 73.5. The van der Waals surface area contributed by atoms with E-state index in [2.05, 4.69) is 25.3 Å². The number of halogens is 2. The van der Waals surface area contributed by atoms with Crippen molar-refractivity contribution in [1.29, 1.82) is 0 Å². The molecule has 0 bridgehead atoms. The Kier molecular flexibility index (Phi) is 12.4. The second kappa shape index (κ2) is 16.6. The van der Waals surface area contributed by atoms with Gasteiger partial charge in [-0.2, -0.15) is 11.8 Å². The molecule has 0 spiro atoms. The van der Waals surface area contributed by atoms with Crippen molar-refractivity contribution in [2.24, 2.45) is 16.6 Å². The summed E-state index contributed by atoms with van der Waals surface area (Å²) in [5.41, 5.74) is 2.63. The predicted molar refractivity (Wildman–Crippen MR) is 204 cm³/mol. The molecule has 4 aliphatic rings. The number of hydrogen-bond acceptors (Lipinski definition) is 11. The van der Waals surface area contributed by atoms with Crippen molar-refractivity contribution in [3.05, 3.63) is 41.7 Å². The van der Waals surface area contributed by atoms with E-state index in [0.29, 0.717) is 17.2 Å². The van der Waals surface area contributed by atoms with Crippen molar-refractivity contribution >= 4 is 56.9 Å². The van der Waals surface area contributed by atoms with Crippen LogP contribution in [-0.4, -0.2) is 110 Å². The van der Waals surface area contributed by atoms with Gasteiger partial charge in [0.2, 0.25) is 21.7 Å². The van der Waals surface area contributed by atoms with Crippen LogP contribution in [0.3, 0.4) is 0 Å². The van der Waals surface area contributed by atoms with Gasteiger partial charge in [-0.05, 0) is 74.8 Å². The van der Waals surface area contributed by atoms with Crippen LogP contribution in [0.2, 0.25) is 0 Å². The van der Waals surface area contributed by atoms with Crippen molar-refractivity contribution in [2.45, 2.75) is 125 Å². The van der Waals surface area contributed by atoms with Crippen LogP contribution in [-0.2, 0) is 34.8 Å². The molecule has 2 aromatic rings. The molecule has 1 aromatic heterocycles. The van der Waals surface area contributed by atoms with E-state index in [1.54, 1.807) is 25.6 Å².